The number of amides is 1. The highest BCUT2D eigenvalue weighted by atomic mass is 32.9. The Morgan fingerprint density at radius 2 is 2.08 bits per heavy atom. The zero-order valence-electron chi connectivity index (χ0n) is 7.51. The number of rotatable bonds is 3. The van der Waals surface area contributed by atoms with Crippen LogP contribution >= 0.6 is 17.9 Å². The molecule has 0 aliphatic heterocycles. The molecular formula is C5H12FN2O2PS2. The van der Waals surface area contributed by atoms with Crippen LogP contribution in [0, 0.1) is 0 Å². The monoisotopic (exact) mass is 246 g/mol. The average Bonchev–Trinajstić information content (AvgIpc) is 1.82. The van der Waals surface area contributed by atoms with Gasteiger partial charge in [0.05, 0.1) is 0 Å². The van der Waals surface area contributed by atoms with Crippen molar-refractivity contribution in [2.75, 3.05) is 7.05 Å². The van der Waals surface area contributed by atoms with Gasteiger partial charge in [0.2, 0.25) is 5.62 Å². The number of nitrogens with zero attached hydrogens (tertiary/aromatic N) is 2. The average molecular weight is 246 g/mol. The van der Waals surface area contributed by atoms with E-state index in [9.17, 15) is 14.1 Å². The predicted molar refractivity (Wildman–Crippen MR) is 56.7 cm³/mol. The summed E-state index contributed by atoms with van der Waals surface area (Å²) in [4.78, 5) is 19.8. The molecule has 0 aromatic carbocycles. The van der Waals surface area contributed by atoms with E-state index in [2.05, 4.69) is 24.1 Å². The molecule has 0 aliphatic carbocycles. The summed E-state index contributed by atoms with van der Waals surface area (Å²) in [7, 11) is 1.19. The quantitative estimate of drug-likeness (QED) is 0.262. The second kappa shape index (κ2) is 4.70. The van der Waals surface area contributed by atoms with E-state index in [4.69, 9.17) is 0 Å². The lowest BCUT2D eigenvalue weighted by Gasteiger charge is -2.35. The topological polar surface area (TPSA) is 43.8 Å². The summed E-state index contributed by atoms with van der Waals surface area (Å²) < 4.78 is 13.4. The van der Waals surface area contributed by atoms with E-state index in [1.165, 1.54) is 7.05 Å². The van der Waals surface area contributed by atoms with Gasteiger partial charge in [-0.25, -0.2) is 9.80 Å². The van der Waals surface area contributed by atoms with Gasteiger partial charge in [-0.1, -0.05) is 12.2 Å². The second-order valence-electron chi connectivity index (χ2n) is 2.70. The Bertz CT molecular complexity index is 245. The number of carbonyl (C=O) groups excluding carboxylic acids is 1. The Balaban J connectivity index is 4.83. The maximum Gasteiger partial charge on any atom is 0.414 e. The van der Waals surface area contributed by atoms with Gasteiger partial charge in [0.1, 0.15) is 0 Å². The Morgan fingerprint density at radius 1 is 1.69 bits per heavy atom. The van der Waals surface area contributed by atoms with Crippen LogP contribution in [0.2, 0.25) is 0 Å². The van der Waals surface area contributed by atoms with Crippen molar-refractivity contribution in [1.29, 1.82) is 0 Å². The third kappa shape index (κ3) is 3.91. The van der Waals surface area contributed by atoms with E-state index in [-0.39, 0.29) is 6.04 Å². The number of halogens is 1. The van der Waals surface area contributed by atoms with Crippen LogP contribution in [0.15, 0.2) is 0 Å². The second-order valence-corrected chi connectivity index (χ2v) is 8.15. The lowest BCUT2D eigenvalue weighted by molar-refractivity contribution is 0.0753. The highest BCUT2D eigenvalue weighted by Crippen LogP contribution is 2.52. The largest absolute Gasteiger partial charge is 0.414 e. The van der Waals surface area contributed by atoms with Gasteiger partial charge in [-0.05, 0) is 25.7 Å². The van der Waals surface area contributed by atoms with Gasteiger partial charge in [0, 0.05) is 13.1 Å². The van der Waals surface area contributed by atoms with Gasteiger partial charge in [0.25, 0.3) is 0 Å². The van der Waals surface area contributed by atoms with Crippen LogP contribution < -0.4 is 0 Å². The first-order valence-electron chi connectivity index (χ1n) is 3.46. The summed E-state index contributed by atoms with van der Waals surface area (Å²) >= 11 is 8.44. The van der Waals surface area contributed by atoms with E-state index in [0.29, 0.717) is 5.01 Å². The molecule has 0 rings (SSSR count). The van der Waals surface area contributed by atoms with Crippen molar-refractivity contribution >= 4 is 35.8 Å². The predicted octanol–water partition coefficient (Wildman–Crippen LogP) is 1.78. The highest BCUT2D eigenvalue weighted by molar-refractivity contribution is 8.60. The van der Waals surface area contributed by atoms with Crippen LogP contribution in [0.5, 0.6) is 0 Å². The minimum Gasteiger partial charge on any atom is -0.345 e. The maximum atomic E-state index is 12.3. The first-order chi connectivity index (χ1) is 5.68. The van der Waals surface area contributed by atoms with Crippen LogP contribution in [-0.2, 0) is 11.8 Å². The van der Waals surface area contributed by atoms with E-state index < -0.39 is 11.8 Å². The van der Waals surface area contributed by atoms with Crippen LogP contribution in [0.1, 0.15) is 13.8 Å². The van der Waals surface area contributed by atoms with Crippen molar-refractivity contribution in [3.63, 3.8) is 0 Å². The fourth-order valence-electron chi connectivity index (χ4n) is 0.903. The number of hydrogen-bond donors (Lipinski definition) is 2. The highest BCUT2D eigenvalue weighted by Gasteiger charge is 2.29. The molecule has 0 radical (unpaired) electrons. The summed E-state index contributed by atoms with van der Waals surface area (Å²) in [5, 5.41) is 0.637. The van der Waals surface area contributed by atoms with Gasteiger partial charge in [0.15, 0.2) is 0 Å². The first kappa shape index (κ1) is 13.3. The molecule has 0 fully saturated rings. The lowest BCUT2D eigenvalue weighted by atomic mass is 10.4. The number of hydrazine groups is 1. The molecule has 0 aromatic rings. The summed E-state index contributed by atoms with van der Waals surface area (Å²) in [6, 6.07) is -0.293. The Morgan fingerprint density at radius 3 is 2.15 bits per heavy atom. The SMILES string of the molecule is CC(C)N(N(C)C(=O)F)P(O)(=S)S. The van der Waals surface area contributed by atoms with Gasteiger partial charge in [-0.2, -0.15) is 4.78 Å². The van der Waals surface area contributed by atoms with Gasteiger partial charge in [-0.15, -0.1) is 4.39 Å². The normalized spacial score (nSPS) is 16.0. The van der Waals surface area contributed by atoms with Crippen molar-refractivity contribution in [2.45, 2.75) is 19.9 Å². The van der Waals surface area contributed by atoms with E-state index in [0.717, 1.165) is 4.78 Å². The molecule has 0 saturated carbocycles. The maximum absolute atomic E-state index is 12.3. The van der Waals surface area contributed by atoms with Crippen molar-refractivity contribution in [3.05, 3.63) is 0 Å². The molecule has 0 heterocycles. The van der Waals surface area contributed by atoms with E-state index in [1.807, 2.05) is 0 Å². The van der Waals surface area contributed by atoms with E-state index in [1.54, 1.807) is 13.8 Å². The molecule has 8 heteroatoms. The molecule has 4 nitrogen and oxygen atoms in total. The van der Waals surface area contributed by atoms with Crippen LogP contribution in [0.3, 0.4) is 0 Å². The number of carbonyl (C=O) groups is 1. The Kier molecular flexibility index (Phi) is 4.82. The fourth-order valence-corrected chi connectivity index (χ4v) is 3.80. The minimum absolute atomic E-state index is 0.293. The first-order valence-corrected chi connectivity index (χ1v) is 7.32. The smallest absolute Gasteiger partial charge is 0.345 e. The lowest BCUT2D eigenvalue weighted by Crippen LogP contribution is -2.42. The van der Waals surface area contributed by atoms with Gasteiger partial charge >= 0.3 is 6.16 Å². The molecule has 0 saturated heterocycles. The standard InChI is InChI=1S/C5H12FN2O2PS2/c1-4(2)8(11(10,12)13)7(3)5(6)9/h4H,1-3H3,(H2,10,12,13). The minimum atomic E-state index is -3.12. The summed E-state index contributed by atoms with van der Waals surface area (Å²) in [6.07, 6.45) is -1.67. The Hall–Kier alpha value is 0.320. The molecule has 1 amide bonds. The van der Waals surface area contributed by atoms with Gasteiger partial charge in [-0.3, -0.25) is 0 Å². The zero-order chi connectivity index (χ0) is 10.8. The number of hydrogen-bond acceptors (Lipinski definition) is 2. The van der Waals surface area contributed by atoms with Crippen molar-refractivity contribution in [3.8, 4) is 0 Å². The van der Waals surface area contributed by atoms with Crippen LogP contribution in [-0.4, -0.2) is 33.9 Å². The Labute approximate surface area is 87.0 Å². The van der Waals surface area contributed by atoms with Crippen molar-refractivity contribution < 1.29 is 14.1 Å². The fraction of sp³-hybridized carbons (Fsp3) is 0.800. The molecular weight excluding hydrogens is 234 g/mol. The molecule has 0 spiro atoms. The molecule has 0 aromatic heterocycles. The molecule has 0 aliphatic rings. The summed E-state index contributed by atoms with van der Waals surface area (Å²) in [5.74, 6) is 0. The van der Waals surface area contributed by atoms with Crippen LogP contribution in [0.25, 0.3) is 0 Å². The van der Waals surface area contributed by atoms with Crippen molar-refractivity contribution in [1.82, 2.24) is 9.79 Å². The number of thiol groups is 1. The molecule has 0 bridgehead atoms. The third-order valence-corrected chi connectivity index (χ3v) is 3.61. The van der Waals surface area contributed by atoms with Crippen LogP contribution in [0.4, 0.5) is 9.18 Å². The molecule has 1 atom stereocenters. The van der Waals surface area contributed by atoms with Gasteiger partial charge < -0.3 is 4.89 Å². The zero-order valence-corrected chi connectivity index (χ0v) is 10.1. The molecule has 13 heavy (non-hydrogen) atoms. The van der Waals surface area contributed by atoms with Crippen molar-refractivity contribution in [2.24, 2.45) is 0 Å². The van der Waals surface area contributed by atoms with E-state index >= 15 is 0 Å². The molecule has 1 N–H and O–H groups in total. The third-order valence-electron chi connectivity index (χ3n) is 1.29. The molecule has 78 valence electrons. The summed E-state index contributed by atoms with van der Waals surface area (Å²) in [5.41, 5.74) is -3.12. The molecule has 1 unspecified atom stereocenters. The summed E-state index contributed by atoms with van der Waals surface area (Å²) in [6.45, 7) is 3.35.